The summed E-state index contributed by atoms with van der Waals surface area (Å²) >= 11 is 0. The van der Waals surface area contributed by atoms with Crippen molar-refractivity contribution in [2.45, 2.75) is 39.2 Å². The maximum absolute atomic E-state index is 11.4. The Kier molecular flexibility index (Phi) is 3.58. The molecule has 0 aromatic carbocycles. The van der Waals surface area contributed by atoms with Gasteiger partial charge >= 0.3 is 6.03 Å². The molecule has 2 fully saturated rings. The summed E-state index contributed by atoms with van der Waals surface area (Å²) in [6, 6.07) is 0.760. The van der Waals surface area contributed by atoms with Crippen LogP contribution < -0.4 is 0 Å². The number of fused-ring (bicyclic) bond motifs is 1. The fourth-order valence-electron chi connectivity index (χ4n) is 2.06. The van der Waals surface area contributed by atoms with Crippen LogP contribution in [0.1, 0.15) is 33.1 Å². The second kappa shape index (κ2) is 4.49. The molecule has 3 nitrogen and oxygen atoms in total. The quantitative estimate of drug-likeness (QED) is 0.564. The summed E-state index contributed by atoms with van der Waals surface area (Å²) in [6.07, 6.45) is 3.69. The molecular weight excluding hydrogens is 164 g/mol. The lowest BCUT2D eigenvalue weighted by Gasteiger charge is -2.27. The number of amides is 2. The average Bonchev–Trinajstić information content (AvgIpc) is 2.47. The molecule has 2 aliphatic rings. The van der Waals surface area contributed by atoms with Gasteiger partial charge in [-0.25, -0.2) is 4.79 Å². The molecule has 2 heterocycles. The Hall–Kier alpha value is -0.730. The number of urea groups is 1. The van der Waals surface area contributed by atoms with E-state index < -0.39 is 0 Å². The maximum atomic E-state index is 11.4. The molecule has 0 saturated carbocycles. The molecule has 2 rings (SSSR count). The Morgan fingerprint density at radius 3 is 2.62 bits per heavy atom. The van der Waals surface area contributed by atoms with E-state index in [2.05, 4.69) is 0 Å². The summed E-state index contributed by atoms with van der Waals surface area (Å²) in [7, 11) is 1.89. The van der Waals surface area contributed by atoms with Gasteiger partial charge < -0.3 is 9.80 Å². The van der Waals surface area contributed by atoms with E-state index in [9.17, 15) is 4.79 Å². The molecule has 0 N–H and O–H groups in total. The van der Waals surface area contributed by atoms with E-state index in [-0.39, 0.29) is 6.03 Å². The number of carbonyl (C=O) groups excluding carboxylic acids is 1. The highest BCUT2D eigenvalue weighted by Crippen LogP contribution is 2.23. The molecule has 0 spiro atoms. The van der Waals surface area contributed by atoms with E-state index >= 15 is 0 Å². The number of likely N-dealkylation sites (N-methyl/N-ethyl adjacent to an activating group) is 1. The van der Waals surface area contributed by atoms with Crippen molar-refractivity contribution >= 4 is 6.03 Å². The summed E-state index contributed by atoms with van der Waals surface area (Å²) in [5, 5.41) is 0. The number of carbonyl (C=O) groups is 1. The second-order valence-electron chi connectivity index (χ2n) is 3.51. The summed E-state index contributed by atoms with van der Waals surface area (Å²) < 4.78 is 0. The van der Waals surface area contributed by atoms with E-state index in [4.69, 9.17) is 0 Å². The number of hydrogen-bond acceptors (Lipinski definition) is 1. The van der Waals surface area contributed by atoms with Crippen molar-refractivity contribution in [3.8, 4) is 0 Å². The van der Waals surface area contributed by atoms with Gasteiger partial charge in [0.25, 0.3) is 0 Å². The Morgan fingerprint density at radius 2 is 2.00 bits per heavy atom. The van der Waals surface area contributed by atoms with E-state index in [1.54, 1.807) is 0 Å². The number of rotatable bonds is 0. The molecule has 0 aliphatic carbocycles. The lowest BCUT2D eigenvalue weighted by molar-refractivity contribution is 0.178. The molecule has 0 radical (unpaired) electrons. The minimum atomic E-state index is 0.231. The highest BCUT2D eigenvalue weighted by Gasteiger charge is 2.35. The van der Waals surface area contributed by atoms with Crippen molar-refractivity contribution in [2.75, 3.05) is 20.1 Å². The number of hydrogen-bond donors (Lipinski definition) is 0. The fourth-order valence-corrected chi connectivity index (χ4v) is 2.06. The minimum absolute atomic E-state index is 0.231. The molecule has 0 bridgehead atoms. The lowest BCUT2D eigenvalue weighted by Crippen LogP contribution is -2.38. The second-order valence-corrected chi connectivity index (χ2v) is 3.51. The van der Waals surface area contributed by atoms with Crippen LogP contribution >= 0.6 is 0 Å². The van der Waals surface area contributed by atoms with Crippen LogP contribution in [0.15, 0.2) is 0 Å². The van der Waals surface area contributed by atoms with Crippen molar-refractivity contribution in [1.29, 1.82) is 0 Å². The van der Waals surface area contributed by atoms with E-state index in [0.717, 1.165) is 13.1 Å². The third-order valence-electron chi connectivity index (χ3n) is 2.68. The number of nitrogens with zero attached hydrogens (tertiary/aromatic N) is 2. The zero-order valence-corrected chi connectivity index (χ0v) is 8.92. The highest BCUT2D eigenvalue weighted by atomic mass is 16.2. The molecule has 13 heavy (non-hydrogen) atoms. The third kappa shape index (κ3) is 1.95. The van der Waals surface area contributed by atoms with E-state index in [1.807, 2.05) is 30.7 Å². The average molecular weight is 184 g/mol. The Morgan fingerprint density at radius 1 is 1.31 bits per heavy atom. The Bertz CT molecular complexity index is 182. The highest BCUT2D eigenvalue weighted by molar-refractivity contribution is 5.76. The van der Waals surface area contributed by atoms with Crippen molar-refractivity contribution < 1.29 is 4.79 Å². The van der Waals surface area contributed by atoms with Crippen molar-refractivity contribution in [2.24, 2.45) is 0 Å². The molecule has 0 aromatic rings. The van der Waals surface area contributed by atoms with Gasteiger partial charge in [0.05, 0.1) is 6.04 Å². The predicted molar refractivity (Wildman–Crippen MR) is 53.7 cm³/mol. The first kappa shape index (κ1) is 10.4. The van der Waals surface area contributed by atoms with Crippen molar-refractivity contribution in [3.05, 3.63) is 0 Å². The van der Waals surface area contributed by atoms with E-state index in [0.29, 0.717) is 6.04 Å². The van der Waals surface area contributed by atoms with Crippen LogP contribution in [0, 0.1) is 0 Å². The standard InChI is InChI=1S/C8H14N2O.C2H6/c1-9-6-7-4-2-3-5-10(7)8(9)11;1-2/h7H,2-6H2,1H3;1-2H3. The van der Waals surface area contributed by atoms with Gasteiger partial charge in [0.2, 0.25) is 0 Å². The maximum Gasteiger partial charge on any atom is 0.320 e. The molecule has 2 aliphatic heterocycles. The predicted octanol–water partition coefficient (Wildman–Crippen LogP) is 1.93. The van der Waals surface area contributed by atoms with Crippen LogP contribution in [0.5, 0.6) is 0 Å². The van der Waals surface area contributed by atoms with Crippen LogP contribution in [0.4, 0.5) is 4.79 Å². The van der Waals surface area contributed by atoms with Gasteiger partial charge in [-0.1, -0.05) is 13.8 Å². The van der Waals surface area contributed by atoms with Gasteiger partial charge in [-0.2, -0.15) is 0 Å². The summed E-state index contributed by atoms with van der Waals surface area (Å²) in [5.41, 5.74) is 0. The van der Waals surface area contributed by atoms with Crippen LogP contribution in [0.25, 0.3) is 0 Å². The van der Waals surface area contributed by atoms with Gasteiger partial charge in [-0.3, -0.25) is 0 Å². The first-order valence-electron chi connectivity index (χ1n) is 5.31. The van der Waals surface area contributed by atoms with Crippen LogP contribution in [-0.4, -0.2) is 42.0 Å². The van der Waals surface area contributed by atoms with Crippen LogP contribution in [-0.2, 0) is 0 Å². The Labute approximate surface area is 80.7 Å². The summed E-state index contributed by atoms with van der Waals surface area (Å²) in [5.74, 6) is 0. The molecule has 1 atom stereocenters. The largest absolute Gasteiger partial charge is 0.326 e. The van der Waals surface area contributed by atoms with Crippen molar-refractivity contribution in [1.82, 2.24) is 9.80 Å². The Balaban J connectivity index is 0.000000396. The smallest absolute Gasteiger partial charge is 0.320 e. The minimum Gasteiger partial charge on any atom is -0.326 e. The fraction of sp³-hybridized carbons (Fsp3) is 0.900. The monoisotopic (exact) mass is 184 g/mol. The van der Waals surface area contributed by atoms with Gasteiger partial charge in [0, 0.05) is 20.1 Å². The topological polar surface area (TPSA) is 23.6 Å². The molecule has 2 saturated heterocycles. The molecular formula is C10H20N2O. The van der Waals surface area contributed by atoms with Crippen LogP contribution in [0.3, 0.4) is 0 Å². The number of piperidine rings is 1. The van der Waals surface area contributed by atoms with Gasteiger partial charge in [0.1, 0.15) is 0 Å². The molecule has 2 amide bonds. The van der Waals surface area contributed by atoms with Crippen molar-refractivity contribution in [3.63, 3.8) is 0 Å². The molecule has 3 heteroatoms. The molecule has 0 aromatic heterocycles. The zero-order chi connectivity index (χ0) is 9.84. The zero-order valence-electron chi connectivity index (χ0n) is 8.92. The van der Waals surface area contributed by atoms with Gasteiger partial charge in [0.15, 0.2) is 0 Å². The summed E-state index contributed by atoms with van der Waals surface area (Å²) in [4.78, 5) is 15.2. The lowest BCUT2D eigenvalue weighted by atomic mass is 10.0. The SMILES string of the molecule is CC.CN1CC2CCCCN2C1=O. The molecule has 76 valence electrons. The summed E-state index contributed by atoms with van der Waals surface area (Å²) in [6.45, 7) is 5.92. The first-order chi connectivity index (χ1) is 6.29. The molecule has 1 unspecified atom stereocenters. The van der Waals surface area contributed by atoms with Crippen LogP contribution in [0.2, 0.25) is 0 Å². The van der Waals surface area contributed by atoms with Gasteiger partial charge in [-0.05, 0) is 19.3 Å². The van der Waals surface area contributed by atoms with E-state index in [1.165, 1.54) is 19.3 Å². The normalized spacial score (nSPS) is 26.7. The van der Waals surface area contributed by atoms with Gasteiger partial charge in [-0.15, -0.1) is 0 Å². The first-order valence-corrected chi connectivity index (χ1v) is 5.31. The third-order valence-corrected chi connectivity index (χ3v) is 2.68.